The topological polar surface area (TPSA) is 85.5 Å². The Morgan fingerprint density at radius 3 is 2.59 bits per heavy atom. The van der Waals surface area contributed by atoms with Crippen LogP contribution in [-0.2, 0) is 14.9 Å². The molecular formula is C24H31Cl2N3O3. The molecule has 174 valence electrons. The monoisotopic (exact) mass is 479 g/mol. The number of nitrogens with two attached hydrogens (primary N) is 1. The van der Waals surface area contributed by atoms with E-state index in [2.05, 4.69) is 11.1 Å². The number of hydrogen-bond donors (Lipinski definition) is 1. The molecule has 1 saturated carbocycles. The lowest BCUT2D eigenvalue weighted by atomic mass is 9.68. The first-order chi connectivity index (χ1) is 15.0. The number of ether oxygens (including phenoxy) is 1. The van der Waals surface area contributed by atoms with E-state index in [0.717, 1.165) is 31.2 Å². The lowest BCUT2D eigenvalue weighted by Crippen LogP contribution is -2.48. The summed E-state index contributed by atoms with van der Waals surface area (Å²) in [6, 6.07) is 11.4. The molecule has 1 aromatic heterocycles. The molecular weight excluding hydrogens is 449 g/mol. The second kappa shape index (κ2) is 12.2. The van der Waals surface area contributed by atoms with E-state index in [4.69, 9.17) is 22.1 Å². The summed E-state index contributed by atoms with van der Waals surface area (Å²) in [5.41, 5.74) is 7.76. The SMILES string of the molecule is CCOC(=O)CCN(C(=O)c1cccnc1)[C@H]1CC[C@](CN)(c2cccc(Cl)c2)CC1.Cl. The zero-order valence-corrected chi connectivity index (χ0v) is 19.9. The van der Waals surface area contributed by atoms with Gasteiger partial charge < -0.3 is 15.4 Å². The second-order valence-electron chi connectivity index (χ2n) is 8.02. The number of nitrogens with zero attached hydrogens (tertiary/aromatic N) is 2. The number of esters is 1. The average Bonchev–Trinajstić information content (AvgIpc) is 2.80. The van der Waals surface area contributed by atoms with Crippen LogP contribution in [0.5, 0.6) is 0 Å². The summed E-state index contributed by atoms with van der Waals surface area (Å²) in [5, 5.41) is 0.704. The minimum absolute atomic E-state index is 0. The largest absolute Gasteiger partial charge is 0.466 e. The van der Waals surface area contributed by atoms with E-state index >= 15 is 0 Å². The number of amides is 1. The summed E-state index contributed by atoms with van der Waals surface area (Å²) in [6.07, 6.45) is 6.69. The molecule has 0 atom stereocenters. The minimum Gasteiger partial charge on any atom is -0.466 e. The van der Waals surface area contributed by atoms with E-state index in [9.17, 15) is 9.59 Å². The summed E-state index contributed by atoms with van der Waals surface area (Å²) in [5.74, 6) is -0.400. The fourth-order valence-corrected chi connectivity index (χ4v) is 4.64. The predicted molar refractivity (Wildman–Crippen MR) is 128 cm³/mol. The first kappa shape index (κ1) is 26.1. The van der Waals surface area contributed by atoms with Crippen LogP contribution in [0.2, 0.25) is 5.02 Å². The first-order valence-corrected chi connectivity index (χ1v) is 11.2. The molecule has 1 aliphatic carbocycles. The maximum atomic E-state index is 13.3. The third-order valence-electron chi connectivity index (χ3n) is 6.21. The van der Waals surface area contributed by atoms with Crippen molar-refractivity contribution < 1.29 is 14.3 Å². The van der Waals surface area contributed by atoms with Gasteiger partial charge in [0.15, 0.2) is 0 Å². The van der Waals surface area contributed by atoms with Gasteiger partial charge in [-0.2, -0.15) is 0 Å². The van der Waals surface area contributed by atoms with E-state index < -0.39 is 0 Å². The van der Waals surface area contributed by atoms with E-state index in [0.29, 0.717) is 30.3 Å². The number of hydrogen-bond acceptors (Lipinski definition) is 5. The molecule has 0 spiro atoms. The van der Waals surface area contributed by atoms with Gasteiger partial charge in [0.25, 0.3) is 5.91 Å². The molecule has 8 heteroatoms. The van der Waals surface area contributed by atoms with Crippen LogP contribution in [0.3, 0.4) is 0 Å². The Labute approximate surface area is 200 Å². The van der Waals surface area contributed by atoms with Gasteiger partial charge in [-0.25, -0.2) is 0 Å². The van der Waals surface area contributed by atoms with Crippen molar-refractivity contribution in [2.75, 3.05) is 19.7 Å². The summed E-state index contributed by atoms with van der Waals surface area (Å²) in [7, 11) is 0. The molecule has 0 saturated heterocycles. The molecule has 1 aliphatic rings. The highest BCUT2D eigenvalue weighted by Crippen LogP contribution is 2.41. The zero-order valence-electron chi connectivity index (χ0n) is 18.3. The Balaban J connectivity index is 0.00000363. The molecule has 0 bridgehead atoms. The van der Waals surface area contributed by atoms with Gasteiger partial charge in [0.2, 0.25) is 0 Å². The molecule has 0 unspecified atom stereocenters. The number of pyridine rings is 1. The van der Waals surface area contributed by atoms with Gasteiger partial charge in [-0.05, 0) is 62.4 Å². The van der Waals surface area contributed by atoms with Crippen LogP contribution in [-0.4, -0.2) is 47.5 Å². The standard InChI is InChI=1S/C24H30ClN3O3.ClH/c1-2-31-22(29)10-14-28(23(30)18-5-4-13-27-16-18)21-8-11-24(17-26,12-9-21)19-6-3-7-20(25)15-19;/h3-7,13,15-16,21H,2,8-12,14,17,26H2,1H3;1H/t21-,24-;. The highest BCUT2D eigenvalue weighted by Gasteiger charge is 2.38. The third-order valence-corrected chi connectivity index (χ3v) is 6.45. The second-order valence-corrected chi connectivity index (χ2v) is 8.46. The van der Waals surface area contributed by atoms with Crippen molar-refractivity contribution in [2.24, 2.45) is 5.73 Å². The fraction of sp³-hybridized carbons (Fsp3) is 0.458. The summed E-state index contributed by atoms with van der Waals surface area (Å²) in [6.45, 7) is 2.96. The molecule has 1 aromatic carbocycles. The van der Waals surface area contributed by atoms with Crippen molar-refractivity contribution >= 4 is 35.9 Å². The maximum absolute atomic E-state index is 13.3. The molecule has 2 aromatic rings. The molecule has 1 fully saturated rings. The van der Waals surface area contributed by atoms with Crippen LogP contribution < -0.4 is 5.73 Å². The van der Waals surface area contributed by atoms with Crippen molar-refractivity contribution in [3.63, 3.8) is 0 Å². The van der Waals surface area contributed by atoms with E-state index in [1.54, 1.807) is 31.5 Å². The quantitative estimate of drug-likeness (QED) is 0.567. The van der Waals surface area contributed by atoms with Crippen molar-refractivity contribution in [3.8, 4) is 0 Å². The lowest BCUT2D eigenvalue weighted by molar-refractivity contribution is -0.143. The molecule has 1 amide bonds. The van der Waals surface area contributed by atoms with Gasteiger partial charge in [0, 0.05) is 42.0 Å². The Bertz CT molecular complexity index is 887. The van der Waals surface area contributed by atoms with Crippen molar-refractivity contribution in [1.29, 1.82) is 0 Å². The van der Waals surface area contributed by atoms with E-state index in [1.165, 1.54) is 0 Å². The Hall–Kier alpha value is -2.15. The van der Waals surface area contributed by atoms with Gasteiger partial charge in [-0.3, -0.25) is 14.6 Å². The highest BCUT2D eigenvalue weighted by molar-refractivity contribution is 6.30. The summed E-state index contributed by atoms with van der Waals surface area (Å²) in [4.78, 5) is 31.1. The average molecular weight is 480 g/mol. The number of halogens is 2. The van der Waals surface area contributed by atoms with Crippen LogP contribution >= 0.6 is 24.0 Å². The van der Waals surface area contributed by atoms with Crippen molar-refractivity contribution in [2.45, 2.75) is 50.5 Å². The zero-order chi connectivity index (χ0) is 22.3. The molecule has 0 aliphatic heterocycles. The molecule has 32 heavy (non-hydrogen) atoms. The number of benzene rings is 1. The number of aromatic nitrogens is 1. The fourth-order valence-electron chi connectivity index (χ4n) is 4.45. The molecule has 6 nitrogen and oxygen atoms in total. The number of carbonyl (C=O) groups is 2. The van der Waals surface area contributed by atoms with E-state index in [1.807, 2.05) is 23.1 Å². The molecule has 2 N–H and O–H groups in total. The van der Waals surface area contributed by atoms with Gasteiger partial charge in [0.05, 0.1) is 18.6 Å². The van der Waals surface area contributed by atoms with Gasteiger partial charge in [0.1, 0.15) is 0 Å². The van der Waals surface area contributed by atoms with Crippen LogP contribution in [0.25, 0.3) is 0 Å². The number of rotatable bonds is 8. The van der Waals surface area contributed by atoms with Crippen LogP contribution in [0.15, 0.2) is 48.8 Å². The smallest absolute Gasteiger partial charge is 0.307 e. The maximum Gasteiger partial charge on any atom is 0.307 e. The van der Waals surface area contributed by atoms with Crippen molar-refractivity contribution in [3.05, 3.63) is 64.9 Å². The summed E-state index contributed by atoms with van der Waals surface area (Å²) < 4.78 is 5.07. The van der Waals surface area contributed by atoms with Crippen LogP contribution in [0.4, 0.5) is 0 Å². The predicted octanol–water partition coefficient (Wildman–Crippen LogP) is 4.39. The highest BCUT2D eigenvalue weighted by atomic mass is 35.5. The van der Waals surface area contributed by atoms with Gasteiger partial charge >= 0.3 is 5.97 Å². The number of carbonyl (C=O) groups excluding carboxylic acids is 2. The molecule has 0 radical (unpaired) electrons. The Kier molecular flexibility index (Phi) is 9.94. The van der Waals surface area contributed by atoms with E-state index in [-0.39, 0.29) is 42.2 Å². The normalized spacial score (nSPS) is 20.2. The Morgan fingerprint density at radius 2 is 2.00 bits per heavy atom. The van der Waals surface area contributed by atoms with Gasteiger partial charge in [-0.15, -0.1) is 12.4 Å². The first-order valence-electron chi connectivity index (χ1n) is 10.8. The van der Waals surface area contributed by atoms with Crippen LogP contribution in [0.1, 0.15) is 54.9 Å². The van der Waals surface area contributed by atoms with Gasteiger partial charge in [-0.1, -0.05) is 23.7 Å². The Morgan fingerprint density at radius 1 is 1.25 bits per heavy atom. The molecule has 1 heterocycles. The molecule has 3 rings (SSSR count). The lowest BCUT2D eigenvalue weighted by Gasteiger charge is -2.43. The summed E-state index contributed by atoms with van der Waals surface area (Å²) >= 11 is 6.22. The minimum atomic E-state index is -0.294. The van der Waals surface area contributed by atoms with Crippen molar-refractivity contribution in [1.82, 2.24) is 9.88 Å². The van der Waals surface area contributed by atoms with Crippen LogP contribution in [0, 0.1) is 0 Å². The third kappa shape index (κ3) is 6.21.